The molecule has 0 aliphatic heterocycles. The number of hydrogen-bond donors (Lipinski definition) is 0. The van der Waals surface area contributed by atoms with E-state index in [1.54, 1.807) is 48.5 Å². The molecule has 1 saturated carbocycles. The molecular formula is C20H17N5O. The minimum atomic E-state index is -0.155. The molecule has 0 unspecified atom stereocenters. The van der Waals surface area contributed by atoms with Crippen molar-refractivity contribution in [1.29, 1.82) is 5.26 Å². The van der Waals surface area contributed by atoms with Crippen LogP contribution in [0.4, 0.5) is 5.69 Å². The third-order valence-corrected chi connectivity index (χ3v) is 4.49. The van der Waals surface area contributed by atoms with Crippen LogP contribution < -0.4 is 4.90 Å². The third kappa shape index (κ3) is 3.07. The van der Waals surface area contributed by atoms with Crippen LogP contribution in [0.5, 0.6) is 0 Å². The number of benzene rings is 1. The minimum absolute atomic E-state index is 0.155. The minimum Gasteiger partial charge on any atom is -0.311 e. The van der Waals surface area contributed by atoms with Gasteiger partial charge in [0, 0.05) is 25.1 Å². The summed E-state index contributed by atoms with van der Waals surface area (Å²) < 4.78 is 1.98. The number of nitriles is 1. The highest BCUT2D eigenvalue weighted by Crippen LogP contribution is 2.34. The quantitative estimate of drug-likeness (QED) is 0.727. The maximum Gasteiger partial charge on any atom is 0.259 e. The molecule has 6 nitrogen and oxygen atoms in total. The van der Waals surface area contributed by atoms with Crippen molar-refractivity contribution in [2.45, 2.75) is 18.9 Å². The Kier molecular flexibility index (Phi) is 3.98. The summed E-state index contributed by atoms with van der Waals surface area (Å²) in [4.78, 5) is 18.6. The van der Waals surface area contributed by atoms with Gasteiger partial charge in [0.15, 0.2) is 0 Å². The maximum atomic E-state index is 12.7. The largest absolute Gasteiger partial charge is 0.311 e. The van der Waals surface area contributed by atoms with Crippen molar-refractivity contribution in [2.24, 2.45) is 0 Å². The molecule has 0 saturated heterocycles. The molecule has 1 aromatic carbocycles. The van der Waals surface area contributed by atoms with E-state index in [-0.39, 0.29) is 5.91 Å². The second kappa shape index (κ2) is 6.45. The first-order valence-electron chi connectivity index (χ1n) is 8.45. The molecule has 0 radical (unpaired) electrons. The zero-order valence-electron chi connectivity index (χ0n) is 14.3. The van der Waals surface area contributed by atoms with E-state index in [2.05, 4.69) is 16.2 Å². The van der Waals surface area contributed by atoms with E-state index < -0.39 is 0 Å². The summed E-state index contributed by atoms with van der Waals surface area (Å²) in [6.07, 6.45) is 5.92. The van der Waals surface area contributed by atoms with Crippen LogP contribution in [0.25, 0.3) is 11.4 Å². The highest BCUT2D eigenvalue weighted by Gasteiger charge is 2.24. The average molecular weight is 343 g/mol. The molecule has 1 amide bonds. The Morgan fingerprint density at radius 1 is 1.15 bits per heavy atom. The smallest absolute Gasteiger partial charge is 0.259 e. The SMILES string of the molecule is CN(C(=O)c1ccc(-c2ccn(C3CC3)n2)nc1)c1ccc(C#N)cc1. The summed E-state index contributed by atoms with van der Waals surface area (Å²) in [5, 5.41) is 13.4. The van der Waals surface area contributed by atoms with Crippen molar-refractivity contribution < 1.29 is 4.79 Å². The van der Waals surface area contributed by atoms with E-state index in [4.69, 9.17) is 5.26 Å². The first kappa shape index (κ1) is 16.0. The fourth-order valence-corrected chi connectivity index (χ4v) is 2.76. The Morgan fingerprint density at radius 2 is 1.92 bits per heavy atom. The summed E-state index contributed by atoms with van der Waals surface area (Å²) in [5.41, 5.74) is 3.35. The number of anilines is 1. The van der Waals surface area contributed by atoms with Gasteiger partial charge in [-0.25, -0.2) is 0 Å². The van der Waals surface area contributed by atoms with Gasteiger partial charge >= 0.3 is 0 Å². The summed E-state index contributed by atoms with van der Waals surface area (Å²) >= 11 is 0. The third-order valence-electron chi connectivity index (χ3n) is 4.49. The highest BCUT2D eigenvalue weighted by atomic mass is 16.2. The predicted molar refractivity (Wildman–Crippen MR) is 97.6 cm³/mol. The van der Waals surface area contributed by atoms with Gasteiger partial charge in [-0.05, 0) is 55.3 Å². The Hall–Kier alpha value is -3.46. The van der Waals surface area contributed by atoms with Gasteiger partial charge in [-0.1, -0.05) is 0 Å². The van der Waals surface area contributed by atoms with Gasteiger partial charge in [-0.15, -0.1) is 0 Å². The van der Waals surface area contributed by atoms with Crippen molar-refractivity contribution in [2.75, 3.05) is 11.9 Å². The molecule has 0 spiro atoms. The van der Waals surface area contributed by atoms with E-state index in [9.17, 15) is 4.79 Å². The number of aromatic nitrogens is 3. The number of nitrogens with zero attached hydrogens (tertiary/aromatic N) is 5. The highest BCUT2D eigenvalue weighted by molar-refractivity contribution is 6.05. The van der Waals surface area contributed by atoms with Crippen LogP contribution in [0.2, 0.25) is 0 Å². The number of pyridine rings is 1. The van der Waals surface area contributed by atoms with Crippen molar-refractivity contribution in [1.82, 2.24) is 14.8 Å². The molecule has 0 atom stereocenters. The Labute approximate surface area is 151 Å². The molecule has 26 heavy (non-hydrogen) atoms. The van der Waals surface area contributed by atoms with Crippen LogP contribution in [-0.4, -0.2) is 27.7 Å². The van der Waals surface area contributed by atoms with Gasteiger partial charge < -0.3 is 4.90 Å². The van der Waals surface area contributed by atoms with Crippen LogP contribution in [0.1, 0.15) is 34.8 Å². The van der Waals surface area contributed by atoms with E-state index in [1.807, 2.05) is 23.0 Å². The normalized spacial score (nSPS) is 13.2. The summed E-state index contributed by atoms with van der Waals surface area (Å²) in [6.45, 7) is 0. The van der Waals surface area contributed by atoms with Gasteiger partial charge in [-0.2, -0.15) is 10.4 Å². The molecule has 4 rings (SSSR count). The Bertz CT molecular complexity index is 978. The molecule has 0 bridgehead atoms. The number of hydrogen-bond acceptors (Lipinski definition) is 4. The topological polar surface area (TPSA) is 74.8 Å². The lowest BCUT2D eigenvalue weighted by atomic mass is 10.1. The van der Waals surface area contributed by atoms with Gasteiger partial charge in [0.1, 0.15) is 5.69 Å². The van der Waals surface area contributed by atoms with Gasteiger partial charge in [-0.3, -0.25) is 14.5 Å². The maximum absolute atomic E-state index is 12.7. The van der Waals surface area contributed by atoms with Crippen LogP contribution >= 0.6 is 0 Å². The zero-order valence-corrected chi connectivity index (χ0v) is 14.3. The summed E-state index contributed by atoms with van der Waals surface area (Å²) in [7, 11) is 1.70. The van der Waals surface area contributed by atoms with Crippen LogP contribution in [0.3, 0.4) is 0 Å². The molecule has 1 fully saturated rings. The van der Waals surface area contributed by atoms with Crippen molar-refractivity contribution >= 4 is 11.6 Å². The first-order valence-corrected chi connectivity index (χ1v) is 8.45. The molecule has 2 heterocycles. The monoisotopic (exact) mass is 343 g/mol. The first-order chi connectivity index (χ1) is 12.7. The second-order valence-electron chi connectivity index (χ2n) is 6.37. The molecule has 128 valence electrons. The fraction of sp³-hybridized carbons (Fsp3) is 0.200. The van der Waals surface area contributed by atoms with Crippen LogP contribution in [-0.2, 0) is 0 Å². The number of amides is 1. The summed E-state index contributed by atoms with van der Waals surface area (Å²) in [5.74, 6) is -0.155. The Balaban J connectivity index is 1.51. The average Bonchev–Trinajstić information content (AvgIpc) is 3.44. The predicted octanol–water partition coefficient (Wildman–Crippen LogP) is 3.43. The van der Waals surface area contributed by atoms with Crippen molar-refractivity contribution in [3.63, 3.8) is 0 Å². The van der Waals surface area contributed by atoms with E-state index in [1.165, 1.54) is 12.8 Å². The number of carbonyl (C=O) groups is 1. The molecule has 0 N–H and O–H groups in total. The van der Waals surface area contributed by atoms with Gasteiger partial charge in [0.2, 0.25) is 0 Å². The lowest BCUT2D eigenvalue weighted by Gasteiger charge is -2.17. The van der Waals surface area contributed by atoms with Crippen LogP contribution in [0, 0.1) is 11.3 Å². The van der Waals surface area contributed by atoms with Gasteiger partial charge in [0.25, 0.3) is 5.91 Å². The molecule has 3 aromatic rings. The summed E-state index contributed by atoms with van der Waals surface area (Å²) in [6, 6.07) is 15.0. The van der Waals surface area contributed by atoms with Crippen LogP contribution in [0.15, 0.2) is 54.9 Å². The zero-order chi connectivity index (χ0) is 18.1. The van der Waals surface area contributed by atoms with E-state index in [0.717, 1.165) is 17.1 Å². The van der Waals surface area contributed by atoms with E-state index >= 15 is 0 Å². The molecular weight excluding hydrogens is 326 g/mol. The fourth-order valence-electron chi connectivity index (χ4n) is 2.76. The second-order valence-corrected chi connectivity index (χ2v) is 6.37. The Morgan fingerprint density at radius 3 is 2.54 bits per heavy atom. The number of rotatable bonds is 4. The van der Waals surface area contributed by atoms with Crippen molar-refractivity contribution in [3.8, 4) is 17.5 Å². The molecule has 2 aromatic heterocycles. The molecule has 6 heteroatoms. The standard InChI is InChI=1S/C20H17N5O/c1-24(16-5-2-14(12-21)3-6-16)20(26)15-4-9-18(22-13-15)19-10-11-25(23-19)17-7-8-17/h2-6,9-11,13,17H,7-8H2,1H3. The molecule has 1 aliphatic carbocycles. The lowest BCUT2D eigenvalue weighted by molar-refractivity contribution is 0.0992. The lowest BCUT2D eigenvalue weighted by Crippen LogP contribution is -2.26. The van der Waals surface area contributed by atoms with Gasteiger partial charge in [0.05, 0.1) is 28.9 Å². The van der Waals surface area contributed by atoms with Crippen molar-refractivity contribution in [3.05, 3.63) is 66.0 Å². The number of carbonyl (C=O) groups excluding carboxylic acids is 1. The molecule has 1 aliphatic rings. The van der Waals surface area contributed by atoms with E-state index in [0.29, 0.717) is 17.2 Å².